The first-order chi connectivity index (χ1) is 14.5. The number of aromatic nitrogens is 4. The van der Waals surface area contributed by atoms with Crippen LogP contribution in [-0.4, -0.2) is 50.1 Å². The number of rotatable bonds is 6. The van der Waals surface area contributed by atoms with Crippen LogP contribution < -0.4 is 4.74 Å². The minimum absolute atomic E-state index is 0.152. The van der Waals surface area contributed by atoms with Crippen LogP contribution in [0, 0.1) is 25.6 Å². The molecule has 1 aromatic carbocycles. The first-order valence-electron chi connectivity index (χ1n) is 10.3. The lowest BCUT2D eigenvalue weighted by Gasteiger charge is -2.33. The zero-order valence-electron chi connectivity index (χ0n) is 17.3. The molecule has 0 saturated carbocycles. The minimum atomic E-state index is -0.277. The molecule has 1 amide bonds. The molecule has 30 heavy (non-hydrogen) atoms. The zero-order chi connectivity index (χ0) is 21.1. The zero-order valence-corrected chi connectivity index (χ0v) is 17.3. The van der Waals surface area contributed by atoms with Crippen LogP contribution in [0.5, 0.6) is 5.75 Å². The summed E-state index contributed by atoms with van der Waals surface area (Å²) in [6.07, 6.45) is 4.55. The van der Waals surface area contributed by atoms with Gasteiger partial charge in [0.2, 0.25) is 5.91 Å². The Morgan fingerprint density at radius 3 is 2.87 bits per heavy atom. The molecule has 1 atom stereocenters. The third-order valence-electron chi connectivity index (χ3n) is 5.75. The standard InChI is InChI=1S/C22H26FN5O2/c1-15-20(16(2)28-22(26-15)24-14-25-28)9-10-21(29)27-11-3-4-17(12-27)13-30-19-7-5-18(23)6-8-19/h5-8,14,17H,3-4,9-13H2,1-2H3/t17-/m0/s1. The van der Waals surface area contributed by atoms with Gasteiger partial charge >= 0.3 is 0 Å². The molecule has 8 heteroatoms. The van der Waals surface area contributed by atoms with Gasteiger partial charge in [-0.15, -0.1) is 0 Å². The Hall–Kier alpha value is -3.03. The molecule has 158 valence electrons. The van der Waals surface area contributed by atoms with E-state index in [0.717, 1.165) is 36.3 Å². The fourth-order valence-electron chi connectivity index (χ4n) is 4.08. The number of hydrogen-bond acceptors (Lipinski definition) is 5. The smallest absolute Gasteiger partial charge is 0.252 e. The van der Waals surface area contributed by atoms with E-state index < -0.39 is 0 Å². The molecule has 0 aliphatic carbocycles. The number of hydrogen-bond donors (Lipinski definition) is 0. The first kappa shape index (κ1) is 20.3. The van der Waals surface area contributed by atoms with Crippen LogP contribution in [0.4, 0.5) is 4.39 Å². The van der Waals surface area contributed by atoms with Gasteiger partial charge in [-0.3, -0.25) is 4.79 Å². The van der Waals surface area contributed by atoms with Gasteiger partial charge in [0.1, 0.15) is 17.9 Å². The first-order valence-corrected chi connectivity index (χ1v) is 10.3. The molecule has 0 bridgehead atoms. The Labute approximate surface area is 174 Å². The normalized spacial score (nSPS) is 16.8. The van der Waals surface area contributed by atoms with Crippen LogP contribution in [0.1, 0.15) is 36.2 Å². The average Bonchev–Trinajstić information content (AvgIpc) is 3.22. The summed E-state index contributed by atoms with van der Waals surface area (Å²) < 4.78 is 20.5. The van der Waals surface area contributed by atoms with E-state index in [1.807, 2.05) is 18.7 Å². The molecule has 1 saturated heterocycles. The monoisotopic (exact) mass is 411 g/mol. The Kier molecular flexibility index (Phi) is 5.92. The highest BCUT2D eigenvalue weighted by Gasteiger charge is 2.24. The number of amides is 1. The summed E-state index contributed by atoms with van der Waals surface area (Å²) in [5.41, 5.74) is 2.92. The number of carbonyl (C=O) groups is 1. The van der Waals surface area contributed by atoms with Gasteiger partial charge in [-0.25, -0.2) is 13.9 Å². The average molecular weight is 411 g/mol. The minimum Gasteiger partial charge on any atom is -0.493 e. The summed E-state index contributed by atoms with van der Waals surface area (Å²) in [5.74, 6) is 1.39. The highest BCUT2D eigenvalue weighted by molar-refractivity contribution is 5.76. The van der Waals surface area contributed by atoms with E-state index in [0.29, 0.717) is 37.5 Å². The molecule has 3 aromatic rings. The molecule has 2 aromatic heterocycles. The molecule has 0 radical (unpaired) electrons. The lowest BCUT2D eigenvalue weighted by Crippen LogP contribution is -2.41. The van der Waals surface area contributed by atoms with Gasteiger partial charge in [-0.2, -0.15) is 10.1 Å². The van der Waals surface area contributed by atoms with Crippen LogP contribution in [-0.2, 0) is 11.2 Å². The fourth-order valence-corrected chi connectivity index (χ4v) is 4.08. The van der Waals surface area contributed by atoms with Crippen molar-refractivity contribution in [3.8, 4) is 5.75 Å². The Balaban J connectivity index is 1.33. The molecule has 7 nitrogen and oxygen atoms in total. The summed E-state index contributed by atoms with van der Waals surface area (Å²) >= 11 is 0. The van der Waals surface area contributed by atoms with Gasteiger partial charge in [0.05, 0.1) is 6.61 Å². The molecular formula is C22H26FN5O2. The van der Waals surface area contributed by atoms with Crippen molar-refractivity contribution in [1.29, 1.82) is 0 Å². The Morgan fingerprint density at radius 2 is 2.07 bits per heavy atom. The van der Waals surface area contributed by atoms with Crippen molar-refractivity contribution in [2.45, 2.75) is 39.5 Å². The third-order valence-corrected chi connectivity index (χ3v) is 5.75. The van der Waals surface area contributed by atoms with Gasteiger partial charge in [0, 0.05) is 36.8 Å². The van der Waals surface area contributed by atoms with Crippen LogP contribution in [0.3, 0.4) is 0 Å². The third kappa shape index (κ3) is 4.42. The number of piperidine rings is 1. The van der Waals surface area contributed by atoms with Crippen molar-refractivity contribution in [3.63, 3.8) is 0 Å². The Morgan fingerprint density at radius 1 is 1.27 bits per heavy atom. The van der Waals surface area contributed by atoms with Crippen molar-refractivity contribution < 1.29 is 13.9 Å². The largest absolute Gasteiger partial charge is 0.493 e. The fraction of sp³-hybridized carbons (Fsp3) is 0.455. The predicted molar refractivity (Wildman–Crippen MR) is 110 cm³/mol. The number of benzene rings is 1. The molecule has 1 aliphatic heterocycles. The predicted octanol–water partition coefficient (Wildman–Crippen LogP) is 3.13. The lowest BCUT2D eigenvalue weighted by molar-refractivity contribution is -0.133. The van der Waals surface area contributed by atoms with E-state index in [2.05, 4.69) is 15.1 Å². The van der Waals surface area contributed by atoms with Crippen LogP contribution >= 0.6 is 0 Å². The van der Waals surface area contributed by atoms with E-state index >= 15 is 0 Å². The molecule has 1 aliphatic rings. The van der Waals surface area contributed by atoms with Gasteiger partial charge in [-0.05, 0) is 62.9 Å². The molecule has 0 unspecified atom stereocenters. The molecule has 3 heterocycles. The molecule has 1 fully saturated rings. The van der Waals surface area contributed by atoms with E-state index in [-0.39, 0.29) is 17.6 Å². The number of aryl methyl sites for hydroxylation is 2. The van der Waals surface area contributed by atoms with Crippen molar-refractivity contribution in [1.82, 2.24) is 24.5 Å². The summed E-state index contributed by atoms with van der Waals surface area (Å²) in [7, 11) is 0. The maximum absolute atomic E-state index is 13.0. The maximum Gasteiger partial charge on any atom is 0.252 e. The Bertz CT molecular complexity index is 1030. The topological polar surface area (TPSA) is 72.6 Å². The quantitative estimate of drug-likeness (QED) is 0.623. The number of fused-ring (bicyclic) bond motifs is 1. The van der Waals surface area contributed by atoms with Crippen molar-refractivity contribution in [3.05, 3.63) is 53.4 Å². The summed E-state index contributed by atoms with van der Waals surface area (Å²) in [6.45, 7) is 5.94. The second kappa shape index (κ2) is 8.77. The second-order valence-electron chi connectivity index (χ2n) is 7.85. The van der Waals surface area contributed by atoms with Crippen LogP contribution in [0.15, 0.2) is 30.6 Å². The number of ether oxygens (including phenoxy) is 1. The van der Waals surface area contributed by atoms with E-state index in [9.17, 15) is 9.18 Å². The van der Waals surface area contributed by atoms with Gasteiger partial charge in [-0.1, -0.05) is 0 Å². The highest BCUT2D eigenvalue weighted by Crippen LogP contribution is 2.21. The summed E-state index contributed by atoms with van der Waals surface area (Å²) in [4.78, 5) is 23.4. The highest BCUT2D eigenvalue weighted by atomic mass is 19.1. The van der Waals surface area contributed by atoms with Crippen molar-refractivity contribution in [2.24, 2.45) is 5.92 Å². The van der Waals surface area contributed by atoms with Crippen LogP contribution in [0.25, 0.3) is 5.78 Å². The SMILES string of the molecule is Cc1nc2ncnn2c(C)c1CCC(=O)N1CCC[C@H](COc2ccc(F)cc2)C1. The summed E-state index contributed by atoms with van der Waals surface area (Å²) in [6, 6.07) is 6.04. The summed E-state index contributed by atoms with van der Waals surface area (Å²) in [5, 5.41) is 4.21. The lowest BCUT2D eigenvalue weighted by atomic mass is 9.98. The molecule has 0 N–H and O–H groups in total. The van der Waals surface area contributed by atoms with E-state index in [4.69, 9.17) is 4.74 Å². The number of likely N-dealkylation sites (tertiary alicyclic amines) is 1. The molecule has 4 rings (SSSR count). The van der Waals surface area contributed by atoms with E-state index in [1.54, 1.807) is 16.6 Å². The number of halogens is 1. The van der Waals surface area contributed by atoms with Crippen LogP contribution in [0.2, 0.25) is 0 Å². The van der Waals surface area contributed by atoms with Crippen molar-refractivity contribution >= 4 is 11.7 Å². The molecule has 0 spiro atoms. The van der Waals surface area contributed by atoms with Gasteiger partial charge in [0.25, 0.3) is 5.78 Å². The van der Waals surface area contributed by atoms with E-state index in [1.165, 1.54) is 18.5 Å². The second-order valence-corrected chi connectivity index (χ2v) is 7.85. The van der Waals surface area contributed by atoms with Gasteiger partial charge < -0.3 is 9.64 Å². The molecular weight excluding hydrogens is 385 g/mol. The number of carbonyl (C=O) groups excluding carboxylic acids is 1. The van der Waals surface area contributed by atoms with Gasteiger partial charge in [0.15, 0.2) is 0 Å². The van der Waals surface area contributed by atoms with Crippen molar-refractivity contribution in [2.75, 3.05) is 19.7 Å². The maximum atomic E-state index is 13.0. The number of nitrogens with zero attached hydrogens (tertiary/aromatic N) is 5.